The van der Waals surface area contributed by atoms with Crippen LogP contribution in [0.25, 0.3) is 49.8 Å². The molecule has 0 fully saturated rings. The Morgan fingerprint density at radius 3 is 2.13 bits per heavy atom. The summed E-state index contributed by atoms with van der Waals surface area (Å²) in [5.74, 6) is 0. The maximum atomic E-state index is 2.62. The Labute approximate surface area is 312 Å². The number of rotatable bonds is 6. The van der Waals surface area contributed by atoms with Gasteiger partial charge in [-0.15, -0.1) is 0 Å². The molecule has 7 aromatic rings. The minimum absolute atomic E-state index is 0.0489. The maximum absolute atomic E-state index is 2.62. The normalized spacial score (nSPS) is 17.2. The highest BCUT2D eigenvalue weighted by Crippen LogP contribution is 2.50. The van der Waals surface area contributed by atoms with Crippen molar-refractivity contribution in [1.82, 2.24) is 4.57 Å². The summed E-state index contributed by atoms with van der Waals surface area (Å²) in [6.45, 7) is 4.76. The van der Waals surface area contributed by atoms with Gasteiger partial charge in [0.05, 0.1) is 17.1 Å². The Hall–Kier alpha value is -6.12. The molecular formula is C51H42N2. The molecule has 1 aromatic heterocycles. The number of fused-ring (bicyclic) bond motifs is 6. The van der Waals surface area contributed by atoms with Crippen molar-refractivity contribution < 1.29 is 0 Å². The fraction of sp³-hybridized carbons (Fsp3) is 0.137. The van der Waals surface area contributed by atoms with Gasteiger partial charge in [-0.2, -0.15) is 0 Å². The molecule has 3 aliphatic carbocycles. The lowest BCUT2D eigenvalue weighted by atomic mass is 9.82. The molecule has 2 heteroatoms. The monoisotopic (exact) mass is 682 g/mol. The van der Waals surface area contributed by atoms with E-state index < -0.39 is 0 Å². The first-order valence-corrected chi connectivity index (χ1v) is 19.0. The summed E-state index contributed by atoms with van der Waals surface area (Å²) in [5, 5.41) is 2.57. The van der Waals surface area contributed by atoms with E-state index in [1.54, 1.807) is 0 Å². The minimum atomic E-state index is -0.0489. The highest BCUT2D eigenvalue weighted by atomic mass is 15.2. The molecule has 10 rings (SSSR count). The van der Waals surface area contributed by atoms with Crippen LogP contribution in [0.4, 0.5) is 5.69 Å². The fourth-order valence-electron chi connectivity index (χ4n) is 9.15. The van der Waals surface area contributed by atoms with E-state index in [0.717, 1.165) is 19.3 Å². The van der Waals surface area contributed by atoms with Crippen LogP contribution in [0.3, 0.4) is 0 Å². The van der Waals surface area contributed by atoms with Gasteiger partial charge in [-0.25, -0.2) is 0 Å². The van der Waals surface area contributed by atoms with Crippen LogP contribution in [0.5, 0.6) is 0 Å². The minimum Gasteiger partial charge on any atom is -0.338 e. The van der Waals surface area contributed by atoms with Crippen molar-refractivity contribution in [2.75, 3.05) is 4.90 Å². The number of anilines is 1. The molecule has 0 saturated carbocycles. The summed E-state index contributed by atoms with van der Waals surface area (Å²) in [5.41, 5.74) is 17.1. The van der Waals surface area contributed by atoms with E-state index in [4.69, 9.17) is 0 Å². The molecule has 3 aliphatic rings. The van der Waals surface area contributed by atoms with E-state index in [2.05, 4.69) is 199 Å². The van der Waals surface area contributed by atoms with Crippen molar-refractivity contribution >= 4 is 38.6 Å². The zero-order chi connectivity index (χ0) is 35.5. The van der Waals surface area contributed by atoms with Crippen molar-refractivity contribution in [2.24, 2.45) is 0 Å². The number of hydrogen-bond acceptors (Lipinski definition) is 1. The standard InChI is InChI=1S/C51H42N2/c1-51(2)47-19-11-9-17-43(47)44-31-30-42(34-48(44)51)52(40-26-21-36(22-27-40)35-13-5-3-6-14-35)41-28-23-37(24-29-41)38-25-32-50-46(33-38)45-18-10-12-20-49(45)53(50)39-15-7-4-8-16-39/h3-21,23-26,28,30-34,41H,22,27,29H2,1-2H3. The predicted molar refractivity (Wildman–Crippen MR) is 225 cm³/mol. The van der Waals surface area contributed by atoms with Gasteiger partial charge < -0.3 is 9.47 Å². The van der Waals surface area contributed by atoms with Gasteiger partial charge >= 0.3 is 0 Å². The topological polar surface area (TPSA) is 8.17 Å². The van der Waals surface area contributed by atoms with Crippen LogP contribution in [0, 0.1) is 0 Å². The molecule has 0 radical (unpaired) electrons. The third-order valence-electron chi connectivity index (χ3n) is 11.9. The van der Waals surface area contributed by atoms with Gasteiger partial charge in [-0.1, -0.05) is 141 Å². The molecule has 6 aromatic carbocycles. The number of allylic oxidation sites excluding steroid dienone is 6. The summed E-state index contributed by atoms with van der Waals surface area (Å²) in [4.78, 5) is 2.62. The van der Waals surface area contributed by atoms with E-state index in [9.17, 15) is 0 Å². The number of para-hydroxylation sites is 2. The molecule has 53 heavy (non-hydrogen) atoms. The van der Waals surface area contributed by atoms with Crippen molar-refractivity contribution in [3.8, 4) is 16.8 Å². The summed E-state index contributed by atoms with van der Waals surface area (Å²) in [7, 11) is 0. The second-order valence-electron chi connectivity index (χ2n) is 15.2. The Bertz CT molecular complexity index is 2660. The van der Waals surface area contributed by atoms with Crippen LogP contribution in [-0.2, 0) is 5.41 Å². The molecule has 1 heterocycles. The third-order valence-corrected chi connectivity index (χ3v) is 11.9. The quantitative estimate of drug-likeness (QED) is 0.169. The molecule has 0 bridgehead atoms. The second-order valence-corrected chi connectivity index (χ2v) is 15.2. The van der Waals surface area contributed by atoms with E-state index in [1.807, 2.05) is 0 Å². The molecule has 0 aliphatic heterocycles. The van der Waals surface area contributed by atoms with Crippen LogP contribution in [0.2, 0.25) is 0 Å². The van der Waals surface area contributed by atoms with Crippen LogP contribution in [-0.4, -0.2) is 10.6 Å². The largest absolute Gasteiger partial charge is 0.338 e. The highest BCUT2D eigenvalue weighted by molar-refractivity contribution is 6.10. The van der Waals surface area contributed by atoms with Gasteiger partial charge in [-0.05, 0) is 112 Å². The van der Waals surface area contributed by atoms with Crippen molar-refractivity contribution in [3.05, 3.63) is 204 Å². The average molecular weight is 683 g/mol. The van der Waals surface area contributed by atoms with Crippen LogP contribution >= 0.6 is 0 Å². The summed E-state index contributed by atoms with van der Waals surface area (Å²) in [6.07, 6.45) is 15.0. The molecule has 0 saturated heterocycles. The van der Waals surface area contributed by atoms with E-state index >= 15 is 0 Å². The summed E-state index contributed by atoms with van der Waals surface area (Å²) in [6, 6.07) is 53.7. The van der Waals surface area contributed by atoms with Crippen LogP contribution in [0.1, 0.15) is 55.4 Å². The smallest absolute Gasteiger partial charge is 0.0557 e. The van der Waals surface area contributed by atoms with Crippen molar-refractivity contribution in [1.29, 1.82) is 0 Å². The molecule has 1 unspecified atom stereocenters. The zero-order valence-electron chi connectivity index (χ0n) is 30.3. The Kier molecular flexibility index (Phi) is 7.47. The molecule has 0 spiro atoms. The van der Waals surface area contributed by atoms with Gasteiger partial charge in [0.1, 0.15) is 0 Å². The van der Waals surface area contributed by atoms with Gasteiger partial charge in [0.15, 0.2) is 0 Å². The highest BCUT2D eigenvalue weighted by Gasteiger charge is 2.36. The lowest BCUT2D eigenvalue weighted by Gasteiger charge is -2.37. The number of hydrogen-bond donors (Lipinski definition) is 0. The van der Waals surface area contributed by atoms with Gasteiger partial charge in [0.2, 0.25) is 0 Å². The first-order valence-electron chi connectivity index (χ1n) is 19.0. The lowest BCUT2D eigenvalue weighted by molar-refractivity contribution is 0.658. The first kappa shape index (κ1) is 31.6. The molecule has 0 amide bonds. The Morgan fingerprint density at radius 1 is 0.604 bits per heavy atom. The van der Waals surface area contributed by atoms with Gasteiger partial charge in [0.25, 0.3) is 0 Å². The maximum Gasteiger partial charge on any atom is 0.0557 e. The van der Waals surface area contributed by atoms with Gasteiger partial charge in [0, 0.05) is 33.3 Å². The number of benzene rings is 6. The molecule has 1 atom stereocenters. The number of nitrogens with zero attached hydrogens (tertiary/aromatic N) is 2. The lowest BCUT2D eigenvalue weighted by Crippen LogP contribution is -2.34. The zero-order valence-corrected chi connectivity index (χ0v) is 30.3. The SMILES string of the molecule is CC1(C)c2ccccc2-c2ccc(N(C3=CC=C(c4ccccc4)CC3)C3C=CC(c4ccc5c(c4)c4ccccc4n5-c4ccccc4)=CC3)cc21. The summed E-state index contributed by atoms with van der Waals surface area (Å²) >= 11 is 0. The van der Waals surface area contributed by atoms with E-state index in [-0.39, 0.29) is 11.5 Å². The molecule has 0 N–H and O–H groups in total. The third kappa shape index (κ3) is 5.24. The predicted octanol–water partition coefficient (Wildman–Crippen LogP) is 13.1. The molecular weight excluding hydrogens is 641 g/mol. The Morgan fingerprint density at radius 2 is 1.34 bits per heavy atom. The molecule has 2 nitrogen and oxygen atoms in total. The average Bonchev–Trinajstić information content (AvgIpc) is 3.67. The number of aromatic nitrogens is 1. The van der Waals surface area contributed by atoms with Crippen LogP contribution < -0.4 is 4.90 Å². The van der Waals surface area contributed by atoms with E-state index in [1.165, 1.54) is 83.4 Å². The Balaban J connectivity index is 1.02. The fourth-order valence-corrected chi connectivity index (χ4v) is 9.15. The summed E-state index contributed by atoms with van der Waals surface area (Å²) < 4.78 is 2.39. The first-order chi connectivity index (χ1) is 26.0. The van der Waals surface area contributed by atoms with E-state index in [0.29, 0.717) is 0 Å². The molecule has 256 valence electrons. The van der Waals surface area contributed by atoms with Gasteiger partial charge in [-0.3, -0.25) is 0 Å². The van der Waals surface area contributed by atoms with Crippen LogP contribution in [0.15, 0.2) is 182 Å². The van der Waals surface area contributed by atoms with Crippen molar-refractivity contribution in [3.63, 3.8) is 0 Å². The van der Waals surface area contributed by atoms with Crippen molar-refractivity contribution in [2.45, 2.75) is 44.6 Å². The second kappa shape index (κ2) is 12.5.